The highest BCUT2D eigenvalue weighted by Gasteiger charge is 2.51. The average Bonchev–Trinajstić information content (AvgIpc) is 3.42. The fourth-order valence-corrected chi connectivity index (χ4v) is 6.94. The molecule has 1 aromatic heterocycles. The van der Waals surface area contributed by atoms with Gasteiger partial charge < -0.3 is 18.9 Å². The van der Waals surface area contributed by atoms with Crippen molar-refractivity contribution >= 4 is 23.0 Å². The highest BCUT2D eigenvalue weighted by molar-refractivity contribution is 5.95. The number of nitrogens with zero attached hydrogens (tertiary/aromatic N) is 2. The van der Waals surface area contributed by atoms with Gasteiger partial charge in [-0.25, -0.2) is 9.59 Å². The largest absolute Gasteiger partial charge is 0.496 e. The molecule has 0 amide bonds. The van der Waals surface area contributed by atoms with Crippen LogP contribution < -0.4 is 4.74 Å². The number of aryl methyl sites for hydroxylation is 1. The van der Waals surface area contributed by atoms with Crippen molar-refractivity contribution < 1.29 is 28.5 Å². The number of fused-ring (bicyclic) bond motifs is 1. The van der Waals surface area contributed by atoms with Crippen LogP contribution in [0.4, 0.5) is 4.79 Å². The monoisotopic (exact) mass is 590 g/mol. The van der Waals surface area contributed by atoms with Gasteiger partial charge in [-0.05, 0) is 115 Å². The number of rotatable bonds is 8. The molecule has 0 radical (unpaired) electrons. The summed E-state index contributed by atoms with van der Waals surface area (Å²) in [5, 5.41) is 0.982. The van der Waals surface area contributed by atoms with E-state index in [1.54, 1.807) is 17.9 Å². The van der Waals surface area contributed by atoms with Crippen LogP contribution in [0, 0.1) is 12.3 Å². The molecule has 43 heavy (non-hydrogen) atoms. The first kappa shape index (κ1) is 31.1. The summed E-state index contributed by atoms with van der Waals surface area (Å²) in [4.78, 5) is 28.0. The Kier molecular flexibility index (Phi) is 8.91. The van der Waals surface area contributed by atoms with Gasteiger partial charge in [-0.1, -0.05) is 12.1 Å². The second-order valence-corrected chi connectivity index (χ2v) is 12.9. The van der Waals surface area contributed by atoms with Crippen molar-refractivity contribution in [3.63, 3.8) is 0 Å². The van der Waals surface area contributed by atoms with Crippen LogP contribution in [-0.4, -0.2) is 60.1 Å². The van der Waals surface area contributed by atoms with Gasteiger partial charge in [-0.2, -0.15) is 0 Å². The Labute approximate surface area is 255 Å². The van der Waals surface area contributed by atoms with E-state index < -0.39 is 11.7 Å². The van der Waals surface area contributed by atoms with E-state index in [0.29, 0.717) is 18.7 Å². The van der Waals surface area contributed by atoms with Gasteiger partial charge in [0, 0.05) is 36.3 Å². The van der Waals surface area contributed by atoms with Gasteiger partial charge >= 0.3 is 12.1 Å². The van der Waals surface area contributed by atoms with Crippen LogP contribution in [0.5, 0.6) is 5.75 Å². The third-order valence-electron chi connectivity index (χ3n) is 9.10. The maximum Gasteiger partial charge on any atom is 0.419 e. The van der Waals surface area contributed by atoms with Crippen molar-refractivity contribution in [2.24, 2.45) is 5.41 Å². The number of hydrogen-bond acceptors (Lipinski definition) is 7. The molecule has 1 saturated heterocycles. The molecule has 3 atom stereocenters. The van der Waals surface area contributed by atoms with Gasteiger partial charge in [0.05, 0.1) is 30.9 Å². The van der Waals surface area contributed by atoms with Crippen LogP contribution in [0.15, 0.2) is 42.6 Å². The molecule has 1 aliphatic carbocycles. The Bertz CT molecular complexity index is 1470. The lowest BCUT2D eigenvalue weighted by atomic mass is 9.58. The van der Waals surface area contributed by atoms with Crippen LogP contribution in [0.2, 0.25) is 0 Å². The molecule has 0 N–H and O–H groups in total. The van der Waals surface area contributed by atoms with E-state index in [9.17, 15) is 9.59 Å². The van der Waals surface area contributed by atoms with E-state index in [-0.39, 0.29) is 23.5 Å². The minimum Gasteiger partial charge on any atom is -0.496 e. The van der Waals surface area contributed by atoms with Gasteiger partial charge in [0.15, 0.2) is 0 Å². The minimum absolute atomic E-state index is 0.127. The highest BCUT2D eigenvalue weighted by Crippen LogP contribution is 2.55. The molecule has 1 spiro atoms. The molecule has 8 heteroatoms. The molecule has 2 heterocycles. The Morgan fingerprint density at radius 3 is 2.40 bits per heavy atom. The van der Waals surface area contributed by atoms with Crippen LogP contribution >= 0.6 is 0 Å². The molecule has 232 valence electrons. The van der Waals surface area contributed by atoms with Crippen molar-refractivity contribution in [3.8, 4) is 5.75 Å². The zero-order valence-electron chi connectivity index (χ0n) is 26.7. The summed E-state index contributed by atoms with van der Waals surface area (Å²) >= 11 is 0. The molecule has 8 nitrogen and oxygen atoms in total. The summed E-state index contributed by atoms with van der Waals surface area (Å²) in [7, 11) is 1.70. The Morgan fingerprint density at radius 2 is 1.79 bits per heavy atom. The van der Waals surface area contributed by atoms with Crippen molar-refractivity contribution in [2.75, 3.05) is 26.9 Å². The van der Waals surface area contributed by atoms with E-state index in [0.717, 1.165) is 60.2 Å². The first-order valence-electron chi connectivity index (χ1n) is 15.5. The predicted octanol–water partition coefficient (Wildman–Crippen LogP) is 7.44. The average molecular weight is 591 g/mol. The smallest absolute Gasteiger partial charge is 0.419 e. The predicted molar refractivity (Wildman–Crippen MR) is 167 cm³/mol. The first-order valence-corrected chi connectivity index (χ1v) is 15.5. The number of piperidine rings is 1. The van der Waals surface area contributed by atoms with Crippen LogP contribution in [0.1, 0.15) is 93.4 Å². The zero-order valence-corrected chi connectivity index (χ0v) is 26.7. The molecular weight excluding hydrogens is 544 g/mol. The topological polar surface area (TPSA) is 79.2 Å². The fraction of sp³-hybridized carbons (Fsp3) is 0.543. The van der Waals surface area contributed by atoms with E-state index in [2.05, 4.69) is 24.0 Å². The van der Waals surface area contributed by atoms with Crippen molar-refractivity contribution in [1.29, 1.82) is 0 Å². The van der Waals surface area contributed by atoms with E-state index >= 15 is 0 Å². The van der Waals surface area contributed by atoms with Gasteiger partial charge in [0.25, 0.3) is 0 Å². The molecule has 2 fully saturated rings. The fourth-order valence-electron chi connectivity index (χ4n) is 6.94. The number of aromatic nitrogens is 1. The number of methoxy groups -OCH3 is 1. The number of carbonyl (C=O) groups is 2. The Morgan fingerprint density at radius 1 is 1.05 bits per heavy atom. The molecule has 0 bridgehead atoms. The van der Waals surface area contributed by atoms with E-state index in [1.165, 1.54) is 12.0 Å². The third kappa shape index (κ3) is 6.18. The standard InChI is InChI=1S/C35H46N2O6/c1-8-41-30-14-16-35(30)17-19-36(28(21-35)24-10-12-25(13-11-24)32(38)42-9-2)22-27-26-15-18-37(33(39)43-34(4,5)6)31(26)23(3)20-29(27)40-7/h10-13,15,18,20,28,30H,8-9,14,16-17,19,21-22H2,1-7H3. The molecule has 1 saturated carbocycles. The molecule has 3 unspecified atom stereocenters. The number of benzene rings is 2. The summed E-state index contributed by atoms with van der Waals surface area (Å²) in [5.41, 5.74) is 4.12. The summed E-state index contributed by atoms with van der Waals surface area (Å²) in [6.45, 7) is 14.1. The quantitative estimate of drug-likeness (QED) is 0.252. The van der Waals surface area contributed by atoms with E-state index in [1.807, 2.05) is 58.9 Å². The van der Waals surface area contributed by atoms with Gasteiger partial charge in [-0.3, -0.25) is 9.47 Å². The normalized spacial score (nSPS) is 22.4. The second kappa shape index (κ2) is 12.3. The zero-order chi connectivity index (χ0) is 30.9. The summed E-state index contributed by atoms with van der Waals surface area (Å²) in [5.74, 6) is 0.502. The maximum absolute atomic E-state index is 13.1. The number of likely N-dealkylation sites (tertiary alicyclic amines) is 1. The Balaban J connectivity index is 1.52. The minimum atomic E-state index is -0.600. The lowest BCUT2D eigenvalue weighted by Crippen LogP contribution is -2.54. The molecule has 2 aromatic carbocycles. The number of carbonyl (C=O) groups excluding carboxylic acids is 2. The van der Waals surface area contributed by atoms with Gasteiger partial charge in [0.1, 0.15) is 11.4 Å². The Hall–Kier alpha value is -3.36. The molecular formula is C35H46N2O6. The lowest BCUT2D eigenvalue weighted by molar-refractivity contribution is -0.146. The SMILES string of the molecule is CCOC(=O)c1ccc(C2CC3(CCC3OCC)CCN2Cc2c(OC)cc(C)c3c2ccn3C(=O)OC(C)(C)C)cc1. The number of esters is 1. The molecule has 2 aliphatic rings. The lowest BCUT2D eigenvalue weighted by Gasteiger charge is -2.56. The van der Waals surface area contributed by atoms with Crippen molar-refractivity contribution in [1.82, 2.24) is 9.47 Å². The van der Waals surface area contributed by atoms with Crippen molar-refractivity contribution in [3.05, 3.63) is 64.8 Å². The summed E-state index contributed by atoms with van der Waals surface area (Å²) < 4.78 is 24.7. The first-order chi connectivity index (χ1) is 20.5. The van der Waals surface area contributed by atoms with Crippen LogP contribution in [-0.2, 0) is 20.8 Å². The van der Waals surface area contributed by atoms with Crippen LogP contribution in [0.3, 0.4) is 0 Å². The number of hydrogen-bond donors (Lipinski definition) is 0. The van der Waals surface area contributed by atoms with Gasteiger partial charge in [-0.15, -0.1) is 0 Å². The number of ether oxygens (including phenoxy) is 4. The van der Waals surface area contributed by atoms with Crippen LogP contribution in [0.25, 0.3) is 10.9 Å². The molecule has 1 aliphatic heterocycles. The molecule has 5 rings (SSSR count). The van der Waals surface area contributed by atoms with E-state index in [4.69, 9.17) is 18.9 Å². The molecule has 3 aromatic rings. The third-order valence-corrected chi connectivity index (χ3v) is 9.10. The summed E-state index contributed by atoms with van der Waals surface area (Å²) in [6.07, 6.45) is 5.99. The summed E-state index contributed by atoms with van der Waals surface area (Å²) in [6, 6.07) is 12.0. The highest BCUT2D eigenvalue weighted by atomic mass is 16.6. The van der Waals surface area contributed by atoms with Crippen molar-refractivity contribution in [2.45, 2.75) is 91.5 Å². The van der Waals surface area contributed by atoms with Gasteiger partial charge in [0.2, 0.25) is 0 Å². The second-order valence-electron chi connectivity index (χ2n) is 12.9. The maximum atomic E-state index is 13.1.